The van der Waals surface area contributed by atoms with Gasteiger partial charge in [0.2, 0.25) is 5.91 Å². The van der Waals surface area contributed by atoms with Crippen LogP contribution in [0.5, 0.6) is 0 Å². The molecule has 0 radical (unpaired) electrons. The Hall–Kier alpha value is -1.63. The molecule has 0 fully saturated rings. The summed E-state index contributed by atoms with van der Waals surface area (Å²) < 4.78 is 35.8. The summed E-state index contributed by atoms with van der Waals surface area (Å²) in [4.78, 5) is 12.8. The first-order chi connectivity index (χ1) is 8.69. The van der Waals surface area contributed by atoms with Gasteiger partial charge in [-0.15, -0.1) is 0 Å². The Balaban J connectivity index is 2.61. The molecule has 0 saturated heterocycles. The minimum absolute atomic E-state index is 0.249. The monoisotopic (exact) mass is 295 g/mol. The lowest BCUT2D eigenvalue weighted by molar-refractivity contribution is -0.137. The quantitative estimate of drug-likeness (QED) is 0.836. The van der Waals surface area contributed by atoms with Crippen molar-refractivity contribution in [3.05, 3.63) is 23.2 Å². The van der Waals surface area contributed by atoms with E-state index in [-0.39, 0.29) is 6.54 Å². The molecule has 0 spiro atoms. The SMILES string of the molecule is CN(CC(=O)NCC(F)(F)F)c1cc(Cl)ccc1N. The van der Waals surface area contributed by atoms with E-state index in [1.807, 2.05) is 0 Å². The summed E-state index contributed by atoms with van der Waals surface area (Å²) in [6, 6.07) is 4.67. The first-order valence-electron chi connectivity index (χ1n) is 5.28. The molecule has 1 aromatic rings. The minimum Gasteiger partial charge on any atom is -0.397 e. The van der Waals surface area contributed by atoms with Crippen molar-refractivity contribution in [2.75, 3.05) is 30.8 Å². The number of halogens is 4. The highest BCUT2D eigenvalue weighted by molar-refractivity contribution is 6.31. The number of nitrogens with one attached hydrogen (secondary N) is 1. The van der Waals surface area contributed by atoms with Crippen LogP contribution in [0.25, 0.3) is 0 Å². The van der Waals surface area contributed by atoms with Crippen LogP contribution < -0.4 is 16.0 Å². The third kappa shape index (κ3) is 5.25. The molecule has 4 nitrogen and oxygen atoms in total. The Kier molecular flexibility index (Phi) is 4.88. The minimum atomic E-state index is -4.43. The molecule has 0 unspecified atom stereocenters. The smallest absolute Gasteiger partial charge is 0.397 e. The van der Waals surface area contributed by atoms with Crippen LogP contribution >= 0.6 is 11.6 Å². The molecule has 106 valence electrons. The van der Waals surface area contributed by atoms with Crippen molar-refractivity contribution in [1.29, 1.82) is 0 Å². The van der Waals surface area contributed by atoms with E-state index >= 15 is 0 Å². The van der Waals surface area contributed by atoms with E-state index in [1.54, 1.807) is 17.4 Å². The second-order valence-corrected chi connectivity index (χ2v) is 4.39. The molecular weight excluding hydrogens is 283 g/mol. The number of nitrogen functional groups attached to an aromatic ring is 1. The van der Waals surface area contributed by atoms with Crippen LogP contribution in [0.15, 0.2) is 18.2 Å². The Morgan fingerprint density at radius 3 is 2.68 bits per heavy atom. The molecule has 0 aliphatic rings. The lowest BCUT2D eigenvalue weighted by Crippen LogP contribution is -2.40. The third-order valence-corrected chi connectivity index (χ3v) is 2.51. The van der Waals surface area contributed by atoms with Crippen molar-refractivity contribution < 1.29 is 18.0 Å². The number of anilines is 2. The average molecular weight is 296 g/mol. The van der Waals surface area contributed by atoms with Crippen molar-refractivity contribution in [2.24, 2.45) is 0 Å². The largest absolute Gasteiger partial charge is 0.405 e. The van der Waals surface area contributed by atoms with Crippen molar-refractivity contribution in [3.63, 3.8) is 0 Å². The first-order valence-corrected chi connectivity index (χ1v) is 5.66. The highest BCUT2D eigenvalue weighted by atomic mass is 35.5. The topological polar surface area (TPSA) is 58.4 Å². The van der Waals surface area contributed by atoms with Crippen molar-refractivity contribution in [3.8, 4) is 0 Å². The molecule has 0 bridgehead atoms. The van der Waals surface area contributed by atoms with Gasteiger partial charge < -0.3 is 16.0 Å². The number of likely N-dealkylation sites (N-methyl/N-ethyl adjacent to an activating group) is 1. The summed E-state index contributed by atoms with van der Waals surface area (Å²) in [5, 5.41) is 2.20. The molecule has 1 amide bonds. The van der Waals surface area contributed by atoms with E-state index in [4.69, 9.17) is 17.3 Å². The van der Waals surface area contributed by atoms with Gasteiger partial charge in [0.15, 0.2) is 0 Å². The lowest BCUT2D eigenvalue weighted by atomic mass is 10.2. The van der Waals surface area contributed by atoms with Crippen molar-refractivity contribution in [2.45, 2.75) is 6.18 Å². The van der Waals surface area contributed by atoms with Crippen LogP contribution in [0.4, 0.5) is 24.5 Å². The number of alkyl halides is 3. The van der Waals surface area contributed by atoms with Gasteiger partial charge in [0.05, 0.1) is 17.9 Å². The van der Waals surface area contributed by atoms with Crippen LogP contribution in [0.2, 0.25) is 5.02 Å². The normalized spacial score (nSPS) is 11.2. The second kappa shape index (κ2) is 6.01. The molecule has 3 N–H and O–H groups in total. The zero-order chi connectivity index (χ0) is 14.6. The van der Waals surface area contributed by atoms with Crippen molar-refractivity contribution >= 4 is 28.9 Å². The van der Waals surface area contributed by atoms with E-state index < -0.39 is 18.6 Å². The zero-order valence-corrected chi connectivity index (χ0v) is 10.8. The maximum absolute atomic E-state index is 11.9. The predicted molar refractivity (Wildman–Crippen MR) is 68.2 cm³/mol. The number of nitrogens with two attached hydrogens (primary N) is 1. The molecule has 0 aliphatic carbocycles. The molecule has 0 saturated carbocycles. The number of hydrogen-bond donors (Lipinski definition) is 2. The van der Waals surface area contributed by atoms with Crippen LogP contribution in [-0.4, -0.2) is 32.2 Å². The molecule has 8 heteroatoms. The molecule has 1 aromatic carbocycles. The fourth-order valence-electron chi connectivity index (χ4n) is 1.40. The Bertz CT molecular complexity index is 465. The van der Waals surface area contributed by atoms with Gasteiger partial charge in [0, 0.05) is 12.1 Å². The number of benzene rings is 1. The Morgan fingerprint density at radius 2 is 2.11 bits per heavy atom. The molecule has 0 atom stereocenters. The van der Waals surface area contributed by atoms with Gasteiger partial charge in [-0.3, -0.25) is 4.79 Å². The summed E-state index contributed by atoms with van der Waals surface area (Å²) in [5.41, 5.74) is 6.56. The van der Waals surface area contributed by atoms with Crippen LogP contribution in [0.1, 0.15) is 0 Å². The number of carbonyl (C=O) groups is 1. The molecule has 19 heavy (non-hydrogen) atoms. The van der Waals surface area contributed by atoms with Gasteiger partial charge in [0.25, 0.3) is 0 Å². The third-order valence-electron chi connectivity index (χ3n) is 2.27. The number of hydrogen-bond acceptors (Lipinski definition) is 3. The number of carbonyl (C=O) groups excluding carboxylic acids is 1. The van der Waals surface area contributed by atoms with E-state index in [0.29, 0.717) is 16.4 Å². The van der Waals surface area contributed by atoms with Crippen molar-refractivity contribution in [1.82, 2.24) is 5.32 Å². The molecular formula is C11H13ClF3N3O. The summed E-state index contributed by atoms with van der Waals surface area (Å²) >= 11 is 5.79. The fourth-order valence-corrected chi connectivity index (χ4v) is 1.57. The summed E-state index contributed by atoms with van der Waals surface area (Å²) in [6.07, 6.45) is -4.43. The van der Waals surface area contributed by atoms with Gasteiger partial charge in [0.1, 0.15) is 6.54 Å². The Morgan fingerprint density at radius 1 is 1.47 bits per heavy atom. The van der Waals surface area contributed by atoms with Crippen LogP contribution in [-0.2, 0) is 4.79 Å². The van der Waals surface area contributed by atoms with E-state index in [2.05, 4.69) is 0 Å². The number of amides is 1. The van der Waals surface area contributed by atoms with Crippen LogP contribution in [0.3, 0.4) is 0 Å². The maximum Gasteiger partial charge on any atom is 0.405 e. The molecule has 0 heterocycles. The summed E-state index contributed by atoms with van der Waals surface area (Å²) in [7, 11) is 1.54. The van der Waals surface area contributed by atoms with Crippen LogP contribution in [0, 0.1) is 0 Å². The summed E-state index contributed by atoms with van der Waals surface area (Å²) in [5.74, 6) is -0.751. The zero-order valence-electron chi connectivity index (χ0n) is 10.1. The van der Waals surface area contributed by atoms with E-state index in [0.717, 1.165) is 0 Å². The fraction of sp³-hybridized carbons (Fsp3) is 0.364. The van der Waals surface area contributed by atoms with E-state index in [1.165, 1.54) is 18.0 Å². The standard InChI is InChI=1S/C11H13ClF3N3O/c1-18(5-10(19)17-6-11(13,14)15)9-4-7(12)2-3-8(9)16/h2-4H,5-6,16H2,1H3,(H,17,19). The molecule has 0 aliphatic heterocycles. The van der Waals surface area contributed by atoms with Gasteiger partial charge in [-0.2, -0.15) is 13.2 Å². The van der Waals surface area contributed by atoms with Gasteiger partial charge in [-0.05, 0) is 18.2 Å². The Labute approximate surface area is 113 Å². The van der Waals surface area contributed by atoms with Gasteiger partial charge in [-0.1, -0.05) is 11.6 Å². The highest BCUT2D eigenvalue weighted by Crippen LogP contribution is 2.25. The summed E-state index contributed by atoms with van der Waals surface area (Å²) in [6.45, 7) is -1.61. The van der Waals surface area contributed by atoms with Gasteiger partial charge >= 0.3 is 6.18 Å². The molecule has 0 aromatic heterocycles. The van der Waals surface area contributed by atoms with Gasteiger partial charge in [-0.25, -0.2) is 0 Å². The maximum atomic E-state index is 11.9. The lowest BCUT2D eigenvalue weighted by Gasteiger charge is -2.21. The predicted octanol–water partition coefficient (Wildman–Crippen LogP) is 2.04. The first kappa shape index (κ1) is 15.4. The number of rotatable bonds is 4. The second-order valence-electron chi connectivity index (χ2n) is 3.95. The van der Waals surface area contributed by atoms with E-state index in [9.17, 15) is 18.0 Å². The highest BCUT2D eigenvalue weighted by Gasteiger charge is 2.27. The number of nitrogens with zero attached hydrogens (tertiary/aromatic N) is 1. The molecule has 1 rings (SSSR count). The average Bonchev–Trinajstić information content (AvgIpc) is 2.28.